The van der Waals surface area contributed by atoms with E-state index in [2.05, 4.69) is 5.32 Å². The van der Waals surface area contributed by atoms with Gasteiger partial charge in [-0.05, 0) is 12.8 Å². The standard InChI is InChI=1S/C6H8F3NO/c7-6(8,9)4-2-1-3-10-5(4)11/h4H,1-3H2,(H,10,11). The van der Waals surface area contributed by atoms with E-state index < -0.39 is 18.0 Å². The van der Waals surface area contributed by atoms with Crippen LogP contribution in [-0.2, 0) is 4.79 Å². The second-order valence-electron chi connectivity index (χ2n) is 2.53. The molecule has 0 spiro atoms. The third-order valence-electron chi connectivity index (χ3n) is 1.68. The SMILES string of the molecule is O=C1NCCCC1C(F)(F)F. The lowest BCUT2D eigenvalue weighted by Gasteiger charge is -2.23. The van der Waals surface area contributed by atoms with E-state index >= 15 is 0 Å². The molecule has 1 fully saturated rings. The Morgan fingerprint density at radius 3 is 2.45 bits per heavy atom. The molecule has 1 rings (SSSR count). The highest BCUT2D eigenvalue weighted by molar-refractivity contribution is 5.80. The molecule has 1 saturated heterocycles. The van der Waals surface area contributed by atoms with E-state index in [4.69, 9.17) is 0 Å². The topological polar surface area (TPSA) is 29.1 Å². The summed E-state index contributed by atoms with van der Waals surface area (Å²) >= 11 is 0. The van der Waals surface area contributed by atoms with Gasteiger partial charge in [0.25, 0.3) is 0 Å². The summed E-state index contributed by atoms with van der Waals surface area (Å²) in [4.78, 5) is 10.6. The van der Waals surface area contributed by atoms with Crippen LogP contribution in [0.4, 0.5) is 13.2 Å². The Kier molecular flexibility index (Phi) is 2.06. The second-order valence-corrected chi connectivity index (χ2v) is 2.53. The van der Waals surface area contributed by atoms with Crippen LogP contribution in [0.2, 0.25) is 0 Å². The van der Waals surface area contributed by atoms with E-state index in [1.165, 1.54) is 0 Å². The molecular formula is C6H8F3NO. The molecule has 0 aromatic carbocycles. The molecule has 1 aliphatic rings. The monoisotopic (exact) mass is 167 g/mol. The summed E-state index contributed by atoms with van der Waals surface area (Å²) in [6.07, 6.45) is -4.03. The van der Waals surface area contributed by atoms with Crippen LogP contribution in [0.15, 0.2) is 0 Å². The zero-order chi connectivity index (χ0) is 8.48. The van der Waals surface area contributed by atoms with Gasteiger partial charge in [-0.3, -0.25) is 4.79 Å². The number of hydrogen-bond acceptors (Lipinski definition) is 1. The Bertz CT molecular complexity index is 166. The number of amides is 1. The molecule has 0 saturated carbocycles. The van der Waals surface area contributed by atoms with Crippen molar-refractivity contribution in [2.24, 2.45) is 5.92 Å². The molecule has 1 heterocycles. The van der Waals surface area contributed by atoms with Crippen molar-refractivity contribution in [3.8, 4) is 0 Å². The maximum absolute atomic E-state index is 11.9. The van der Waals surface area contributed by atoms with Gasteiger partial charge in [0.2, 0.25) is 5.91 Å². The van der Waals surface area contributed by atoms with Gasteiger partial charge in [0.1, 0.15) is 5.92 Å². The van der Waals surface area contributed by atoms with E-state index in [9.17, 15) is 18.0 Å². The Balaban J connectivity index is 2.62. The van der Waals surface area contributed by atoms with Crippen molar-refractivity contribution in [1.29, 1.82) is 0 Å². The van der Waals surface area contributed by atoms with Gasteiger partial charge in [-0.25, -0.2) is 0 Å². The Hall–Kier alpha value is -0.740. The molecule has 0 aliphatic carbocycles. The lowest BCUT2D eigenvalue weighted by Crippen LogP contribution is -2.43. The number of rotatable bonds is 0. The molecule has 1 amide bonds. The third-order valence-corrected chi connectivity index (χ3v) is 1.68. The average Bonchev–Trinajstić information content (AvgIpc) is 1.86. The van der Waals surface area contributed by atoms with Crippen molar-refractivity contribution in [3.63, 3.8) is 0 Å². The van der Waals surface area contributed by atoms with E-state index in [0.29, 0.717) is 13.0 Å². The number of carbonyl (C=O) groups excluding carboxylic acids is 1. The first kappa shape index (κ1) is 8.36. The van der Waals surface area contributed by atoms with Gasteiger partial charge in [0.05, 0.1) is 0 Å². The molecule has 1 unspecified atom stereocenters. The van der Waals surface area contributed by atoms with Crippen LogP contribution in [0.1, 0.15) is 12.8 Å². The molecular weight excluding hydrogens is 159 g/mol. The maximum atomic E-state index is 11.9. The quantitative estimate of drug-likeness (QED) is 0.574. The number of piperidine rings is 1. The number of carbonyl (C=O) groups is 1. The highest BCUT2D eigenvalue weighted by Gasteiger charge is 2.45. The van der Waals surface area contributed by atoms with E-state index in [-0.39, 0.29) is 6.42 Å². The molecule has 0 aromatic heterocycles. The molecule has 1 N–H and O–H groups in total. The molecule has 1 aliphatic heterocycles. The van der Waals surface area contributed by atoms with Gasteiger partial charge in [-0.2, -0.15) is 13.2 Å². The fraction of sp³-hybridized carbons (Fsp3) is 0.833. The van der Waals surface area contributed by atoms with Crippen molar-refractivity contribution in [2.45, 2.75) is 19.0 Å². The van der Waals surface area contributed by atoms with Crippen LogP contribution in [0, 0.1) is 5.92 Å². The summed E-state index contributed by atoms with van der Waals surface area (Å²) in [5, 5.41) is 2.18. The Morgan fingerprint density at radius 2 is 2.09 bits per heavy atom. The number of halogens is 3. The summed E-state index contributed by atoms with van der Waals surface area (Å²) in [7, 11) is 0. The Labute approximate surface area is 61.8 Å². The van der Waals surface area contributed by atoms with Crippen molar-refractivity contribution in [1.82, 2.24) is 5.32 Å². The van der Waals surface area contributed by atoms with Crippen molar-refractivity contribution in [2.75, 3.05) is 6.54 Å². The zero-order valence-corrected chi connectivity index (χ0v) is 5.74. The molecule has 2 nitrogen and oxygen atoms in total. The van der Waals surface area contributed by atoms with Crippen LogP contribution in [0.3, 0.4) is 0 Å². The Morgan fingerprint density at radius 1 is 1.45 bits per heavy atom. The van der Waals surface area contributed by atoms with E-state index in [0.717, 1.165) is 0 Å². The van der Waals surface area contributed by atoms with Gasteiger partial charge < -0.3 is 5.32 Å². The number of hydrogen-bond donors (Lipinski definition) is 1. The fourth-order valence-corrected chi connectivity index (χ4v) is 1.08. The van der Waals surface area contributed by atoms with E-state index in [1.54, 1.807) is 0 Å². The van der Waals surface area contributed by atoms with Gasteiger partial charge in [0.15, 0.2) is 0 Å². The minimum atomic E-state index is -4.37. The van der Waals surface area contributed by atoms with Gasteiger partial charge >= 0.3 is 6.18 Å². The zero-order valence-electron chi connectivity index (χ0n) is 5.74. The molecule has 0 aromatic rings. The summed E-state index contributed by atoms with van der Waals surface area (Å²) in [5.41, 5.74) is 0. The first-order valence-electron chi connectivity index (χ1n) is 3.36. The molecule has 0 radical (unpaired) electrons. The minimum Gasteiger partial charge on any atom is -0.356 e. The van der Waals surface area contributed by atoms with Crippen molar-refractivity contribution in [3.05, 3.63) is 0 Å². The molecule has 11 heavy (non-hydrogen) atoms. The van der Waals surface area contributed by atoms with Crippen LogP contribution in [0.25, 0.3) is 0 Å². The van der Waals surface area contributed by atoms with Crippen molar-refractivity contribution >= 4 is 5.91 Å². The third kappa shape index (κ3) is 1.85. The molecule has 1 atom stereocenters. The van der Waals surface area contributed by atoms with Gasteiger partial charge in [0, 0.05) is 6.54 Å². The largest absolute Gasteiger partial charge is 0.400 e. The molecule has 64 valence electrons. The smallest absolute Gasteiger partial charge is 0.356 e. The van der Waals surface area contributed by atoms with Crippen LogP contribution < -0.4 is 5.32 Å². The van der Waals surface area contributed by atoms with Gasteiger partial charge in [-0.1, -0.05) is 0 Å². The summed E-state index contributed by atoms with van der Waals surface area (Å²) in [6, 6.07) is 0. The lowest BCUT2D eigenvalue weighted by atomic mass is 9.98. The normalized spacial score (nSPS) is 26.5. The van der Waals surface area contributed by atoms with Crippen LogP contribution >= 0.6 is 0 Å². The minimum absolute atomic E-state index is 0.0741. The number of alkyl halides is 3. The predicted octanol–water partition coefficient (Wildman–Crippen LogP) is 1.07. The van der Waals surface area contributed by atoms with Crippen LogP contribution in [-0.4, -0.2) is 18.6 Å². The molecule has 5 heteroatoms. The van der Waals surface area contributed by atoms with Crippen molar-refractivity contribution < 1.29 is 18.0 Å². The average molecular weight is 167 g/mol. The van der Waals surface area contributed by atoms with E-state index in [1.807, 2.05) is 0 Å². The fourth-order valence-electron chi connectivity index (χ4n) is 1.08. The first-order valence-corrected chi connectivity index (χ1v) is 3.36. The predicted molar refractivity (Wildman–Crippen MR) is 31.8 cm³/mol. The molecule has 0 bridgehead atoms. The second kappa shape index (κ2) is 2.71. The van der Waals surface area contributed by atoms with Gasteiger partial charge in [-0.15, -0.1) is 0 Å². The first-order chi connectivity index (χ1) is 5.02. The highest BCUT2D eigenvalue weighted by atomic mass is 19.4. The summed E-state index contributed by atoms with van der Waals surface area (Å²) < 4.78 is 35.8. The van der Waals surface area contributed by atoms with Crippen LogP contribution in [0.5, 0.6) is 0 Å². The summed E-state index contributed by atoms with van der Waals surface area (Å²) in [6.45, 7) is 0.366. The summed E-state index contributed by atoms with van der Waals surface area (Å²) in [5.74, 6) is -2.67. The highest BCUT2D eigenvalue weighted by Crippen LogP contribution is 2.31. The number of nitrogens with one attached hydrogen (secondary N) is 1. The lowest BCUT2D eigenvalue weighted by molar-refractivity contribution is -0.186. The maximum Gasteiger partial charge on any atom is 0.400 e.